The highest BCUT2D eigenvalue weighted by Gasteiger charge is 2.39. The quantitative estimate of drug-likeness (QED) is 0.696. The largest absolute Gasteiger partial charge is 0.326 e. The van der Waals surface area contributed by atoms with Gasteiger partial charge in [-0.3, -0.25) is 4.90 Å². The Kier molecular flexibility index (Phi) is 2.85. The van der Waals surface area contributed by atoms with E-state index in [9.17, 15) is 0 Å². The minimum Gasteiger partial charge on any atom is -0.326 e. The molecule has 0 aromatic carbocycles. The van der Waals surface area contributed by atoms with Crippen LogP contribution >= 0.6 is 0 Å². The molecule has 1 aliphatic heterocycles. The van der Waals surface area contributed by atoms with E-state index in [1.54, 1.807) is 0 Å². The highest BCUT2D eigenvalue weighted by atomic mass is 15.2. The molecule has 14 heavy (non-hydrogen) atoms. The highest BCUT2D eigenvalue weighted by molar-refractivity contribution is 4.96. The molecular formula is C12H24N2. The average Bonchev–Trinajstić information content (AvgIpc) is 2.46. The number of hydrogen-bond acceptors (Lipinski definition) is 2. The smallest absolute Gasteiger partial charge is 0.0252 e. The zero-order valence-corrected chi connectivity index (χ0v) is 9.63. The van der Waals surface area contributed by atoms with Crippen LogP contribution in [0.15, 0.2) is 0 Å². The highest BCUT2D eigenvalue weighted by Crippen LogP contribution is 2.34. The van der Waals surface area contributed by atoms with Crippen molar-refractivity contribution in [3.05, 3.63) is 0 Å². The molecule has 0 amide bonds. The zero-order chi connectivity index (χ0) is 10.2. The lowest BCUT2D eigenvalue weighted by molar-refractivity contribution is 0.0766. The van der Waals surface area contributed by atoms with Crippen molar-refractivity contribution in [2.75, 3.05) is 6.54 Å². The molecule has 0 aromatic rings. The van der Waals surface area contributed by atoms with E-state index in [-0.39, 0.29) is 0 Å². The fourth-order valence-electron chi connectivity index (χ4n) is 3.27. The zero-order valence-electron chi connectivity index (χ0n) is 9.63. The molecule has 1 saturated heterocycles. The first-order valence-electron chi connectivity index (χ1n) is 6.13. The Labute approximate surface area is 87.8 Å². The fraction of sp³-hybridized carbons (Fsp3) is 1.00. The molecule has 82 valence electrons. The Morgan fingerprint density at radius 3 is 2.43 bits per heavy atom. The van der Waals surface area contributed by atoms with Gasteiger partial charge in [-0.1, -0.05) is 12.8 Å². The van der Waals surface area contributed by atoms with Crippen LogP contribution in [0.4, 0.5) is 0 Å². The molecule has 0 bridgehead atoms. The second kappa shape index (κ2) is 3.82. The summed E-state index contributed by atoms with van der Waals surface area (Å²) in [5, 5.41) is 0. The molecule has 2 unspecified atom stereocenters. The molecule has 0 aromatic heterocycles. The van der Waals surface area contributed by atoms with Crippen LogP contribution in [-0.2, 0) is 0 Å². The molecule has 2 heteroatoms. The first kappa shape index (κ1) is 10.4. The minimum atomic E-state index is 0.402. The summed E-state index contributed by atoms with van der Waals surface area (Å²) in [5.74, 6) is 0. The Morgan fingerprint density at radius 1 is 1.14 bits per heavy atom. The molecule has 0 spiro atoms. The summed E-state index contributed by atoms with van der Waals surface area (Å²) >= 11 is 0. The summed E-state index contributed by atoms with van der Waals surface area (Å²) in [7, 11) is 0. The summed E-state index contributed by atoms with van der Waals surface area (Å²) in [4.78, 5) is 2.68. The van der Waals surface area contributed by atoms with Crippen molar-refractivity contribution >= 4 is 0 Å². The van der Waals surface area contributed by atoms with Gasteiger partial charge >= 0.3 is 0 Å². The lowest BCUT2D eigenvalue weighted by Gasteiger charge is -2.43. The lowest BCUT2D eigenvalue weighted by Crippen LogP contribution is -2.54. The fourth-order valence-corrected chi connectivity index (χ4v) is 3.27. The number of hydrogen-bond donors (Lipinski definition) is 1. The van der Waals surface area contributed by atoms with Crippen LogP contribution in [0.2, 0.25) is 0 Å². The van der Waals surface area contributed by atoms with Crippen molar-refractivity contribution in [3.8, 4) is 0 Å². The third-order valence-corrected chi connectivity index (χ3v) is 4.15. The maximum absolute atomic E-state index is 6.24. The van der Waals surface area contributed by atoms with E-state index in [4.69, 9.17) is 5.73 Å². The van der Waals surface area contributed by atoms with Gasteiger partial charge in [-0.15, -0.1) is 0 Å². The van der Waals surface area contributed by atoms with E-state index in [0.29, 0.717) is 17.6 Å². The van der Waals surface area contributed by atoms with E-state index in [1.165, 1.54) is 45.1 Å². The molecule has 2 rings (SSSR count). The van der Waals surface area contributed by atoms with E-state index in [1.807, 2.05) is 0 Å². The van der Waals surface area contributed by atoms with Gasteiger partial charge in [-0.2, -0.15) is 0 Å². The normalized spacial score (nSPS) is 38.8. The number of likely N-dealkylation sites (tertiary alicyclic amines) is 1. The van der Waals surface area contributed by atoms with Crippen molar-refractivity contribution in [2.24, 2.45) is 5.73 Å². The third-order valence-electron chi connectivity index (χ3n) is 4.15. The molecule has 0 radical (unpaired) electrons. The summed E-state index contributed by atoms with van der Waals surface area (Å²) in [6, 6.07) is 1.10. The number of nitrogens with two attached hydrogens (primary N) is 1. The van der Waals surface area contributed by atoms with Gasteiger partial charge in [0.2, 0.25) is 0 Å². The van der Waals surface area contributed by atoms with E-state index in [0.717, 1.165) is 0 Å². The van der Waals surface area contributed by atoms with E-state index < -0.39 is 0 Å². The molecule has 2 aliphatic rings. The molecule has 1 heterocycles. The SMILES string of the molecule is CC1(C)CCCN1C1CCCCC1N. The molecule has 2 fully saturated rings. The summed E-state index contributed by atoms with van der Waals surface area (Å²) in [6.45, 7) is 6.02. The van der Waals surface area contributed by atoms with Crippen molar-refractivity contribution in [1.29, 1.82) is 0 Å². The molecule has 2 N–H and O–H groups in total. The number of rotatable bonds is 1. The summed E-state index contributed by atoms with van der Waals surface area (Å²) in [5.41, 5.74) is 6.64. The maximum Gasteiger partial charge on any atom is 0.0252 e. The van der Waals surface area contributed by atoms with Crippen molar-refractivity contribution in [1.82, 2.24) is 4.90 Å². The third kappa shape index (κ3) is 1.82. The van der Waals surface area contributed by atoms with Crippen LogP contribution in [0.3, 0.4) is 0 Å². The van der Waals surface area contributed by atoms with Crippen LogP contribution in [0.25, 0.3) is 0 Å². The Bertz CT molecular complexity index is 200. The molecule has 2 atom stereocenters. The molecule has 2 nitrogen and oxygen atoms in total. The van der Waals surface area contributed by atoms with Crippen molar-refractivity contribution < 1.29 is 0 Å². The van der Waals surface area contributed by atoms with Gasteiger partial charge in [-0.05, 0) is 46.1 Å². The minimum absolute atomic E-state index is 0.402. The van der Waals surface area contributed by atoms with Gasteiger partial charge in [0.15, 0.2) is 0 Å². The van der Waals surface area contributed by atoms with Gasteiger partial charge in [0.05, 0.1) is 0 Å². The standard InChI is InChI=1S/C12H24N2/c1-12(2)8-5-9-14(12)11-7-4-3-6-10(11)13/h10-11H,3-9,13H2,1-2H3. The lowest BCUT2D eigenvalue weighted by atomic mass is 9.87. The summed E-state index contributed by atoms with van der Waals surface area (Å²) < 4.78 is 0. The van der Waals surface area contributed by atoms with Gasteiger partial charge in [-0.25, -0.2) is 0 Å². The molecular weight excluding hydrogens is 172 g/mol. The maximum atomic E-state index is 6.24. The predicted octanol–water partition coefficient (Wildman–Crippen LogP) is 2.13. The Hall–Kier alpha value is -0.0800. The van der Waals surface area contributed by atoms with E-state index >= 15 is 0 Å². The van der Waals surface area contributed by atoms with Gasteiger partial charge < -0.3 is 5.73 Å². The van der Waals surface area contributed by atoms with Crippen LogP contribution in [0.1, 0.15) is 52.4 Å². The van der Waals surface area contributed by atoms with E-state index in [2.05, 4.69) is 18.7 Å². The Morgan fingerprint density at radius 2 is 1.86 bits per heavy atom. The topological polar surface area (TPSA) is 29.3 Å². The second-order valence-electron chi connectivity index (χ2n) is 5.63. The van der Waals surface area contributed by atoms with Crippen molar-refractivity contribution in [2.45, 2.75) is 70.0 Å². The van der Waals surface area contributed by atoms with Crippen LogP contribution in [-0.4, -0.2) is 29.1 Å². The first-order chi connectivity index (χ1) is 6.61. The number of nitrogens with zero attached hydrogens (tertiary/aromatic N) is 1. The van der Waals surface area contributed by atoms with Crippen LogP contribution < -0.4 is 5.73 Å². The monoisotopic (exact) mass is 196 g/mol. The van der Waals surface area contributed by atoms with Gasteiger partial charge in [0.1, 0.15) is 0 Å². The molecule has 1 aliphatic carbocycles. The van der Waals surface area contributed by atoms with Crippen LogP contribution in [0, 0.1) is 0 Å². The van der Waals surface area contributed by atoms with Gasteiger partial charge in [0, 0.05) is 17.6 Å². The second-order valence-corrected chi connectivity index (χ2v) is 5.63. The van der Waals surface area contributed by atoms with Crippen LogP contribution in [0.5, 0.6) is 0 Å². The average molecular weight is 196 g/mol. The summed E-state index contributed by atoms with van der Waals surface area (Å²) in [6.07, 6.45) is 7.98. The first-order valence-corrected chi connectivity index (χ1v) is 6.13. The van der Waals surface area contributed by atoms with Crippen molar-refractivity contribution in [3.63, 3.8) is 0 Å². The Balaban J connectivity index is 2.05. The van der Waals surface area contributed by atoms with Gasteiger partial charge in [0.25, 0.3) is 0 Å². The predicted molar refractivity (Wildman–Crippen MR) is 60.3 cm³/mol. The molecule has 1 saturated carbocycles.